The van der Waals surface area contributed by atoms with Crippen molar-refractivity contribution in [2.45, 2.75) is 6.10 Å². The molecule has 2 aromatic carbocycles. The third-order valence-corrected chi connectivity index (χ3v) is 3.93. The number of H-pyrrole nitrogens is 1. The van der Waals surface area contributed by atoms with Crippen molar-refractivity contribution in [3.8, 4) is 11.5 Å². The van der Waals surface area contributed by atoms with Gasteiger partial charge >= 0.3 is 0 Å². The van der Waals surface area contributed by atoms with E-state index in [0.29, 0.717) is 17.1 Å². The van der Waals surface area contributed by atoms with Crippen molar-refractivity contribution in [1.82, 2.24) is 15.8 Å². The largest absolute Gasteiger partial charge is 0.485 e. The van der Waals surface area contributed by atoms with Crippen molar-refractivity contribution in [2.24, 2.45) is 0 Å². The smallest absolute Gasteiger partial charge is 0.283 e. The lowest BCUT2D eigenvalue weighted by Crippen LogP contribution is -2.50. The van der Waals surface area contributed by atoms with Crippen LogP contribution in [0.2, 0.25) is 0 Å². The van der Waals surface area contributed by atoms with Crippen molar-refractivity contribution >= 4 is 22.7 Å². The maximum Gasteiger partial charge on any atom is 0.283 e. The second-order valence-electron chi connectivity index (χ2n) is 5.56. The molecule has 1 aromatic heterocycles. The van der Waals surface area contributed by atoms with E-state index >= 15 is 0 Å². The molecule has 0 radical (unpaired) electrons. The lowest BCUT2D eigenvalue weighted by Gasteiger charge is -2.25. The Kier molecular flexibility index (Phi) is 3.74. The Hall–Kier alpha value is -3.48. The molecule has 3 N–H and O–H groups in total. The van der Waals surface area contributed by atoms with Crippen molar-refractivity contribution < 1.29 is 19.1 Å². The van der Waals surface area contributed by atoms with Crippen LogP contribution in [0.1, 0.15) is 10.4 Å². The maximum absolute atomic E-state index is 12.3. The van der Waals surface area contributed by atoms with Crippen LogP contribution in [0.25, 0.3) is 10.9 Å². The summed E-state index contributed by atoms with van der Waals surface area (Å²) in [5.41, 5.74) is 6.08. The Labute approximate surface area is 142 Å². The number of carbonyl (C=O) groups excluding carboxylic acids is 2. The van der Waals surface area contributed by atoms with Gasteiger partial charge in [-0.25, -0.2) is 0 Å². The molecule has 1 aliphatic rings. The summed E-state index contributed by atoms with van der Waals surface area (Å²) in [5.74, 6) is 0.192. The first kappa shape index (κ1) is 15.1. The number of benzene rings is 2. The maximum atomic E-state index is 12.3. The molecule has 2 heterocycles. The number of hydrogen-bond donors (Lipinski definition) is 3. The molecule has 25 heavy (non-hydrogen) atoms. The number of aromatic nitrogens is 1. The van der Waals surface area contributed by atoms with Gasteiger partial charge in [0.1, 0.15) is 6.61 Å². The SMILES string of the molecule is O=C(NNC(=O)C1COc2ccccc2O1)c1c[nH]c2ccccc12. The molecule has 7 heteroatoms. The van der Waals surface area contributed by atoms with Gasteiger partial charge in [0.25, 0.3) is 11.8 Å². The highest BCUT2D eigenvalue weighted by atomic mass is 16.6. The predicted octanol–water partition coefficient (Wildman–Crippen LogP) is 1.77. The molecule has 0 saturated carbocycles. The number of aromatic amines is 1. The fourth-order valence-corrected chi connectivity index (χ4v) is 2.67. The molecule has 4 rings (SSSR count). The molecule has 0 fully saturated rings. The number of amides is 2. The Bertz CT molecular complexity index is 950. The Balaban J connectivity index is 1.40. The normalized spacial score (nSPS) is 15.6. The summed E-state index contributed by atoms with van der Waals surface area (Å²) in [4.78, 5) is 27.5. The summed E-state index contributed by atoms with van der Waals surface area (Å²) in [6.45, 7) is 0.0752. The van der Waals surface area contributed by atoms with E-state index in [1.165, 1.54) is 0 Å². The van der Waals surface area contributed by atoms with Crippen LogP contribution < -0.4 is 20.3 Å². The van der Waals surface area contributed by atoms with Gasteiger partial charge in [0.05, 0.1) is 5.56 Å². The van der Waals surface area contributed by atoms with E-state index in [1.807, 2.05) is 30.3 Å². The first-order valence-corrected chi connectivity index (χ1v) is 7.77. The number of para-hydroxylation sites is 3. The zero-order valence-electron chi connectivity index (χ0n) is 13.1. The lowest BCUT2D eigenvalue weighted by molar-refractivity contribution is -0.131. The minimum atomic E-state index is -0.835. The summed E-state index contributed by atoms with van der Waals surface area (Å²) in [5, 5.41) is 0.778. The Morgan fingerprint density at radius 2 is 1.76 bits per heavy atom. The average molecular weight is 337 g/mol. The molecule has 126 valence electrons. The highest BCUT2D eigenvalue weighted by molar-refractivity contribution is 6.07. The highest BCUT2D eigenvalue weighted by Gasteiger charge is 2.27. The second kappa shape index (κ2) is 6.20. The monoisotopic (exact) mass is 337 g/mol. The third-order valence-electron chi connectivity index (χ3n) is 3.93. The zero-order valence-corrected chi connectivity index (χ0v) is 13.1. The first-order chi connectivity index (χ1) is 12.2. The fraction of sp³-hybridized carbons (Fsp3) is 0.111. The Morgan fingerprint density at radius 3 is 2.64 bits per heavy atom. The van der Waals surface area contributed by atoms with E-state index in [0.717, 1.165) is 10.9 Å². The number of carbonyl (C=O) groups is 2. The highest BCUT2D eigenvalue weighted by Crippen LogP contribution is 2.30. The molecule has 1 atom stereocenters. The van der Waals surface area contributed by atoms with Gasteiger partial charge in [-0.05, 0) is 18.2 Å². The minimum Gasteiger partial charge on any atom is -0.485 e. The number of hydrazine groups is 1. The van der Waals surface area contributed by atoms with Crippen molar-refractivity contribution in [3.05, 3.63) is 60.3 Å². The minimum absolute atomic E-state index is 0.0752. The lowest BCUT2D eigenvalue weighted by atomic mass is 10.2. The molecule has 1 aliphatic heterocycles. The summed E-state index contributed by atoms with van der Waals surface area (Å²) < 4.78 is 11.1. The Morgan fingerprint density at radius 1 is 1.00 bits per heavy atom. The molecular weight excluding hydrogens is 322 g/mol. The van der Waals surface area contributed by atoms with Gasteiger partial charge < -0.3 is 14.5 Å². The summed E-state index contributed by atoms with van der Waals surface area (Å²) in [6, 6.07) is 14.5. The molecule has 0 spiro atoms. The zero-order chi connectivity index (χ0) is 17.2. The van der Waals surface area contributed by atoms with Gasteiger partial charge in [-0.1, -0.05) is 30.3 Å². The number of ether oxygens (including phenoxy) is 2. The van der Waals surface area contributed by atoms with E-state index < -0.39 is 17.9 Å². The average Bonchev–Trinajstić information content (AvgIpc) is 3.09. The van der Waals surface area contributed by atoms with Gasteiger partial charge in [-0.3, -0.25) is 20.4 Å². The van der Waals surface area contributed by atoms with Crippen LogP contribution in [0.4, 0.5) is 0 Å². The quantitative estimate of drug-likeness (QED) is 0.622. The van der Waals surface area contributed by atoms with Crippen LogP contribution in [0.15, 0.2) is 54.7 Å². The van der Waals surface area contributed by atoms with Gasteiger partial charge in [0.15, 0.2) is 11.5 Å². The van der Waals surface area contributed by atoms with Crippen molar-refractivity contribution in [1.29, 1.82) is 0 Å². The molecule has 0 aliphatic carbocycles. The second-order valence-corrected chi connectivity index (χ2v) is 5.56. The third kappa shape index (κ3) is 2.87. The van der Waals surface area contributed by atoms with Crippen LogP contribution in [0.3, 0.4) is 0 Å². The van der Waals surface area contributed by atoms with Crippen molar-refractivity contribution in [2.75, 3.05) is 6.61 Å². The van der Waals surface area contributed by atoms with Crippen molar-refractivity contribution in [3.63, 3.8) is 0 Å². The first-order valence-electron chi connectivity index (χ1n) is 7.77. The molecule has 3 aromatic rings. The number of rotatable bonds is 2. The van der Waals surface area contributed by atoms with Crippen LogP contribution in [-0.4, -0.2) is 29.5 Å². The van der Waals surface area contributed by atoms with E-state index in [4.69, 9.17) is 9.47 Å². The van der Waals surface area contributed by atoms with E-state index in [-0.39, 0.29) is 6.61 Å². The summed E-state index contributed by atoms with van der Waals surface area (Å²) >= 11 is 0. The van der Waals surface area contributed by atoms with Gasteiger partial charge in [0, 0.05) is 17.1 Å². The van der Waals surface area contributed by atoms with E-state index in [9.17, 15) is 9.59 Å². The number of fused-ring (bicyclic) bond motifs is 2. The standard InChI is InChI=1S/C18H15N3O4/c22-17(12-9-19-13-6-2-1-5-11(12)13)20-21-18(23)16-10-24-14-7-3-4-8-15(14)25-16/h1-9,16,19H,10H2,(H,20,22)(H,21,23). The number of hydrogen-bond acceptors (Lipinski definition) is 4. The van der Waals surface area contributed by atoms with Crippen LogP contribution in [-0.2, 0) is 4.79 Å². The fourth-order valence-electron chi connectivity index (χ4n) is 2.67. The van der Waals surface area contributed by atoms with Crippen LogP contribution in [0.5, 0.6) is 11.5 Å². The predicted molar refractivity (Wildman–Crippen MR) is 90.3 cm³/mol. The number of nitrogens with one attached hydrogen (secondary N) is 3. The van der Waals surface area contributed by atoms with Gasteiger partial charge in [-0.2, -0.15) is 0 Å². The van der Waals surface area contributed by atoms with E-state index in [2.05, 4.69) is 15.8 Å². The van der Waals surface area contributed by atoms with Crippen LogP contribution >= 0.6 is 0 Å². The molecule has 0 bridgehead atoms. The van der Waals surface area contributed by atoms with E-state index in [1.54, 1.807) is 24.4 Å². The molecule has 2 amide bonds. The molecule has 7 nitrogen and oxygen atoms in total. The molecule has 0 saturated heterocycles. The molecular formula is C18H15N3O4. The van der Waals surface area contributed by atoms with Gasteiger partial charge in [0.2, 0.25) is 6.10 Å². The molecule has 1 unspecified atom stereocenters. The van der Waals surface area contributed by atoms with Crippen LogP contribution in [0, 0.1) is 0 Å². The summed E-state index contributed by atoms with van der Waals surface area (Å²) in [7, 11) is 0. The summed E-state index contributed by atoms with van der Waals surface area (Å²) in [6.07, 6.45) is 0.765. The van der Waals surface area contributed by atoms with Gasteiger partial charge in [-0.15, -0.1) is 0 Å². The topological polar surface area (TPSA) is 92.5 Å².